The highest BCUT2D eigenvalue weighted by atomic mass is 19.1. The number of benzene rings is 2. The predicted molar refractivity (Wildman–Crippen MR) is 82.7 cm³/mol. The fourth-order valence-electron chi connectivity index (χ4n) is 2.39. The third-order valence-corrected chi connectivity index (χ3v) is 3.26. The Morgan fingerprint density at radius 2 is 1.95 bits per heavy atom. The summed E-state index contributed by atoms with van der Waals surface area (Å²) in [6, 6.07) is 14.4. The number of phenols is 1. The maximum absolute atomic E-state index is 12.8. The van der Waals surface area contributed by atoms with Crippen molar-refractivity contribution in [3.05, 3.63) is 59.8 Å². The predicted octanol–water partition coefficient (Wildman–Crippen LogP) is 4.46. The van der Waals surface area contributed by atoms with E-state index in [1.807, 2.05) is 37.3 Å². The normalized spacial score (nSPS) is 10.8. The van der Waals surface area contributed by atoms with Crippen molar-refractivity contribution in [3.8, 4) is 5.75 Å². The number of rotatable bonds is 3. The molecule has 21 heavy (non-hydrogen) atoms. The SMILES string of the molecule is Cc1cc(Nc2cc(O)cc(CF)c2)c2ccccc2n1. The molecule has 0 amide bonds. The highest BCUT2D eigenvalue weighted by molar-refractivity contribution is 5.93. The lowest BCUT2D eigenvalue weighted by molar-refractivity contribution is 0.463. The van der Waals surface area contributed by atoms with E-state index < -0.39 is 6.67 Å². The molecule has 1 aromatic heterocycles. The van der Waals surface area contributed by atoms with Gasteiger partial charge in [0.05, 0.1) is 5.52 Å². The summed E-state index contributed by atoms with van der Waals surface area (Å²) in [6.07, 6.45) is 0. The molecule has 0 saturated heterocycles. The summed E-state index contributed by atoms with van der Waals surface area (Å²) in [4.78, 5) is 4.48. The van der Waals surface area contributed by atoms with Crippen LogP contribution >= 0.6 is 0 Å². The summed E-state index contributed by atoms with van der Waals surface area (Å²) in [5.74, 6) is 0.0442. The van der Waals surface area contributed by atoms with E-state index in [-0.39, 0.29) is 5.75 Å². The lowest BCUT2D eigenvalue weighted by atomic mass is 10.1. The fraction of sp³-hybridized carbons (Fsp3) is 0.118. The van der Waals surface area contributed by atoms with Gasteiger partial charge in [-0.25, -0.2) is 4.39 Å². The summed E-state index contributed by atoms with van der Waals surface area (Å²) in [6.45, 7) is 1.31. The number of phenolic OH excluding ortho intramolecular Hbond substituents is 1. The zero-order valence-electron chi connectivity index (χ0n) is 11.6. The van der Waals surface area contributed by atoms with Crippen molar-refractivity contribution >= 4 is 22.3 Å². The number of hydrogen-bond acceptors (Lipinski definition) is 3. The van der Waals surface area contributed by atoms with Crippen LogP contribution < -0.4 is 5.32 Å². The number of anilines is 2. The number of alkyl halides is 1. The molecule has 2 aromatic carbocycles. The van der Waals surface area contributed by atoms with Gasteiger partial charge in [0.1, 0.15) is 12.4 Å². The van der Waals surface area contributed by atoms with Gasteiger partial charge in [0, 0.05) is 28.5 Å². The zero-order valence-corrected chi connectivity index (χ0v) is 11.6. The monoisotopic (exact) mass is 282 g/mol. The van der Waals surface area contributed by atoms with Gasteiger partial charge >= 0.3 is 0 Å². The molecule has 3 rings (SSSR count). The minimum absolute atomic E-state index is 0.0442. The quantitative estimate of drug-likeness (QED) is 0.745. The van der Waals surface area contributed by atoms with Crippen LogP contribution in [0.3, 0.4) is 0 Å². The van der Waals surface area contributed by atoms with Crippen LogP contribution in [0, 0.1) is 6.92 Å². The third-order valence-electron chi connectivity index (χ3n) is 3.26. The topological polar surface area (TPSA) is 45.1 Å². The van der Waals surface area contributed by atoms with Gasteiger partial charge in [0.25, 0.3) is 0 Å². The molecule has 0 spiro atoms. The average Bonchev–Trinajstić information content (AvgIpc) is 2.46. The first-order valence-electron chi connectivity index (χ1n) is 6.68. The molecule has 0 aliphatic rings. The Kier molecular flexibility index (Phi) is 3.44. The van der Waals surface area contributed by atoms with Gasteiger partial charge in [-0.2, -0.15) is 0 Å². The van der Waals surface area contributed by atoms with E-state index in [0.717, 1.165) is 22.3 Å². The Bertz CT molecular complexity index is 802. The van der Waals surface area contributed by atoms with Crippen molar-refractivity contribution < 1.29 is 9.50 Å². The van der Waals surface area contributed by atoms with Gasteiger partial charge in [-0.1, -0.05) is 18.2 Å². The molecule has 0 saturated carbocycles. The molecule has 0 fully saturated rings. The van der Waals surface area contributed by atoms with Gasteiger partial charge in [-0.3, -0.25) is 4.98 Å². The molecule has 2 N–H and O–H groups in total. The van der Waals surface area contributed by atoms with Gasteiger partial charge in [0.2, 0.25) is 0 Å². The van der Waals surface area contributed by atoms with Crippen molar-refractivity contribution in [1.29, 1.82) is 0 Å². The molecule has 0 unspecified atom stereocenters. The van der Waals surface area contributed by atoms with E-state index in [0.29, 0.717) is 11.3 Å². The fourth-order valence-corrected chi connectivity index (χ4v) is 2.39. The number of aryl methyl sites for hydroxylation is 1. The molecular weight excluding hydrogens is 267 g/mol. The van der Waals surface area contributed by atoms with E-state index in [9.17, 15) is 9.50 Å². The molecule has 3 nitrogen and oxygen atoms in total. The van der Waals surface area contributed by atoms with Crippen LogP contribution in [0.15, 0.2) is 48.5 Å². The van der Waals surface area contributed by atoms with Crippen LogP contribution in [0.25, 0.3) is 10.9 Å². The third kappa shape index (κ3) is 2.79. The Morgan fingerprint density at radius 1 is 1.14 bits per heavy atom. The van der Waals surface area contributed by atoms with Gasteiger partial charge in [0.15, 0.2) is 0 Å². The summed E-state index contributed by atoms with van der Waals surface area (Å²) >= 11 is 0. The van der Waals surface area contributed by atoms with Gasteiger partial charge in [-0.15, -0.1) is 0 Å². The van der Waals surface area contributed by atoms with Crippen molar-refractivity contribution in [2.24, 2.45) is 0 Å². The van der Waals surface area contributed by atoms with Crippen LogP contribution in [-0.4, -0.2) is 10.1 Å². The number of hydrogen-bond donors (Lipinski definition) is 2. The molecule has 0 aliphatic heterocycles. The van der Waals surface area contributed by atoms with E-state index >= 15 is 0 Å². The second kappa shape index (κ2) is 5.40. The Hall–Kier alpha value is -2.62. The second-order valence-corrected chi connectivity index (χ2v) is 4.98. The van der Waals surface area contributed by atoms with Crippen molar-refractivity contribution in [1.82, 2.24) is 4.98 Å². The number of aromatic hydroxyl groups is 1. The van der Waals surface area contributed by atoms with Crippen molar-refractivity contribution in [2.45, 2.75) is 13.6 Å². The average molecular weight is 282 g/mol. The summed E-state index contributed by atoms with van der Waals surface area (Å²) in [5, 5.41) is 13.9. The first-order valence-corrected chi connectivity index (χ1v) is 6.68. The van der Waals surface area contributed by atoms with E-state index in [1.54, 1.807) is 12.1 Å². The van der Waals surface area contributed by atoms with E-state index in [2.05, 4.69) is 10.3 Å². The van der Waals surface area contributed by atoms with Crippen molar-refractivity contribution in [3.63, 3.8) is 0 Å². The van der Waals surface area contributed by atoms with Crippen LogP contribution in [0.5, 0.6) is 5.75 Å². The number of pyridine rings is 1. The molecule has 0 radical (unpaired) electrons. The standard InChI is InChI=1S/C17H15FN2O/c1-11-6-17(15-4-2-3-5-16(15)19-11)20-13-7-12(10-18)8-14(21)9-13/h2-9,21H,10H2,1H3,(H,19,20). The van der Waals surface area contributed by atoms with E-state index in [1.165, 1.54) is 6.07 Å². The number of nitrogens with one attached hydrogen (secondary N) is 1. The molecule has 0 aliphatic carbocycles. The Balaban J connectivity index is 2.07. The zero-order chi connectivity index (χ0) is 14.8. The van der Waals surface area contributed by atoms with Crippen LogP contribution in [0.1, 0.15) is 11.3 Å². The largest absolute Gasteiger partial charge is 0.508 e. The van der Waals surface area contributed by atoms with Crippen molar-refractivity contribution in [2.75, 3.05) is 5.32 Å². The molecule has 0 atom stereocenters. The van der Waals surface area contributed by atoms with Gasteiger partial charge < -0.3 is 10.4 Å². The summed E-state index contributed by atoms with van der Waals surface area (Å²) in [5.41, 5.74) is 3.76. The molecule has 0 bridgehead atoms. The first kappa shape index (κ1) is 13.4. The number of nitrogens with zero attached hydrogens (tertiary/aromatic N) is 1. The molecule has 4 heteroatoms. The second-order valence-electron chi connectivity index (χ2n) is 4.98. The highest BCUT2D eigenvalue weighted by Crippen LogP contribution is 2.28. The molecule has 3 aromatic rings. The van der Waals surface area contributed by atoms with Crippen LogP contribution in [0.2, 0.25) is 0 Å². The number of fused-ring (bicyclic) bond motifs is 1. The lowest BCUT2D eigenvalue weighted by Crippen LogP contribution is -1.95. The minimum Gasteiger partial charge on any atom is -0.508 e. The lowest BCUT2D eigenvalue weighted by Gasteiger charge is -2.12. The van der Waals surface area contributed by atoms with Crippen LogP contribution in [0.4, 0.5) is 15.8 Å². The summed E-state index contributed by atoms with van der Waals surface area (Å²) < 4.78 is 12.8. The van der Waals surface area contributed by atoms with Crippen LogP contribution in [-0.2, 0) is 6.67 Å². The molecule has 1 heterocycles. The summed E-state index contributed by atoms with van der Waals surface area (Å²) in [7, 11) is 0. The first-order chi connectivity index (χ1) is 10.2. The molecule has 106 valence electrons. The maximum Gasteiger partial charge on any atom is 0.118 e. The van der Waals surface area contributed by atoms with Gasteiger partial charge in [-0.05, 0) is 36.8 Å². The smallest absolute Gasteiger partial charge is 0.118 e. The van der Waals surface area contributed by atoms with E-state index in [4.69, 9.17) is 0 Å². The number of halogens is 1. The number of para-hydroxylation sites is 1. The molecular formula is C17H15FN2O. The highest BCUT2D eigenvalue weighted by Gasteiger charge is 2.06. The number of aromatic nitrogens is 1. The minimum atomic E-state index is -0.612. The Labute approximate surface area is 122 Å². The maximum atomic E-state index is 12.8. The Morgan fingerprint density at radius 3 is 2.76 bits per heavy atom.